The van der Waals surface area contributed by atoms with Crippen molar-refractivity contribution >= 4 is 17.3 Å². The van der Waals surface area contributed by atoms with Gasteiger partial charge in [0, 0.05) is 10.9 Å². The third-order valence-corrected chi connectivity index (χ3v) is 3.29. The summed E-state index contributed by atoms with van der Waals surface area (Å²) in [5.74, 6) is -0.782. The highest BCUT2D eigenvalue weighted by molar-refractivity contribution is 7.13. The number of hydrogen-bond donors (Lipinski definition) is 0. The lowest BCUT2D eigenvalue weighted by molar-refractivity contribution is 0.0520. The zero-order chi connectivity index (χ0) is 13.1. The van der Waals surface area contributed by atoms with E-state index in [-0.39, 0.29) is 11.5 Å². The van der Waals surface area contributed by atoms with E-state index < -0.39 is 5.97 Å². The van der Waals surface area contributed by atoms with Crippen molar-refractivity contribution in [2.45, 2.75) is 13.8 Å². The minimum Gasteiger partial charge on any atom is -0.461 e. The second-order valence-electron chi connectivity index (χ2n) is 3.69. The van der Waals surface area contributed by atoms with E-state index in [2.05, 4.69) is 4.98 Å². The smallest absolute Gasteiger partial charge is 0.357 e. The second kappa shape index (κ2) is 5.27. The van der Waals surface area contributed by atoms with Crippen molar-refractivity contribution in [3.05, 3.63) is 40.7 Å². The molecule has 0 amide bonds. The Labute approximate surface area is 108 Å². The number of carbonyl (C=O) groups is 1. The summed E-state index contributed by atoms with van der Waals surface area (Å²) in [4.78, 5) is 15.6. The number of hydrogen-bond acceptors (Lipinski definition) is 4. The fourth-order valence-electron chi connectivity index (χ4n) is 1.51. The molecule has 0 saturated carbocycles. The molecule has 2 rings (SSSR count). The number of thiazole rings is 1. The quantitative estimate of drug-likeness (QED) is 0.798. The van der Waals surface area contributed by atoms with E-state index in [0.717, 1.165) is 0 Å². The van der Waals surface area contributed by atoms with E-state index in [1.807, 2.05) is 0 Å². The van der Waals surface area contributed by atoms with Crippen LogP contribution in [-0.4, -0.2) is 17.6 Å². The standard InChI is InChI=1S/C13H12FNO2S/c1-3-17-13(16)10-7-18-12(15-10)9-6-4-5-8(2)11(9)14/h4-7H,3H2,1-2H3. The molecule has 18 heavy (non-hydrogen) atoms. The maximum absolute atomic E-state index is 13.9. The number of carbonyl (C=O) groups excluding carboxylic acids is 1. The highest BCUT2D eigenvalue weighted by Crippen LogP contribution is 2.27. The molecule has 0 bridgehead atoms. The SMILES string of the molecule is CCOC(=O)c1csc(-c2cccc(C)c2F)n1. The molecule has 2 aromatic rings. The normalized spacial score (nSPS) is 10.4. The number of nitrogens with zero attached hydrogens (tertiary/aromatic N) is 1. The first-order chi connectivity index (χ1) is 8.63. The molecule has 0 spiro atoms. The van der Waals surface area contributed by atoms with E-state index in [0.29, 0.717) is 22.7 Å². The van der Waals surface area contributed by atoms with Gasteiger partial charge in [-0.2, -0.15) is 0 Å². The molecule has 1 heterocycles. The summed E-state index contributed by atoms with van der Waals surface area (Å²) < 4.78 is 18.7. The van der Waals surface area contributed by atoms with E-state index in [1.165, 1.54) is 11.3 Å². The molecular formula is C13H12FNO2S. The summed E-state index contributed by atoms with van der Waals surface area (Å²) in [6.07, 6.45) is 0. The second-order valence-corrected chi connectivity index (χ2v) is 4.55. The lowest BCUT2D eigenvalue weighted by Crippen LogP contribution is -2.04. The topological polar surface area (TPSA) is 39.2 Å². The molecular weight excluding hydrogens is 253 g/mol. The molecule has 5 heteroatoms. The average Bonchev–Trinajstić information content (AvgIpc) is 2.82. The number of halogens is 1. The van der Waals surface area contributed by atoms with Gasteiger partial charge in [-0.05, 0) is 25.5 Å². The lowest BCUT2D eigenvalue weighted by Gasteiger charge is -2.01. The van der Waals surface area contributed by atoms with Gasteiger partial charge in [-0.25, -0.2) is 14.2 Å². The minimum atomic E-state index is -0.479. The molecule has 3 nitrogen and oxygen atoms in total. The molecule has 94 valence electrons. The number of benzene rings is 1. The first kappa shape index (κ1) is 12.7. The van der Waals surface area contributed by atoms with Crippen molar-refractivity contribution in [3.63, 3.8) is 0 Å². The van der Waals surface area contributed by atoms with E-state index in [1.54, 1.807) is 37.4 Å². The fourth-order valence-corrected chi connectivity index (χ4v) is 2.32. The van der Waals surface area contributed by atoms with Crippen molar-refractivity contribution < 1.29 is 13.9 Å². The Kier molecular flexibility index (Phi) is 3.72. The molecule has 0 aliphatic rings. The van der Waals surface area contributed by atoms with Crippen LogP contribution in [-0.2, 0) is 4.74 Å². The van der Waals surface area contributed by atoms with Gasteiger partial charge >= 0.3 is 5.97 Å². The molecule has 0 aliphatic carbocycles. The van der Waals surface area contributed by atoms with Gasteiger partial charge < -0.3 is 4.74 Å². The maximum atomic E-state index is 13.9. The molecule has 0 unspecified atom stereocenters. The summed E-state index contributed by atoms with van der Waals surface area (Å²) in [7, 11) is 0. The molecule has 0 radical (unpaired) electrons. The van der Waals surface area contributed by atoms with Crippen LogP contribution in [0, 0.1) is 12.7 Å². The lowest BCUT2D eigenvalue weighted by atomic mass is 10.1. The minimum absolute atomic E-state index is 0.220. The number of esters is 1. The van der Waals surface area contributed by atoms with Crippen molar-refractivity contribution in [1.82, 2.24) is 4.98 Å². The summed E-state index contributed by atoms with van der Waals surface area (Å²) in [5.41, 5.74) is 1.19. The number of rotatable bonds is 3. The van der Waals surface area contributed by atoms with Crippen LogP contribution in [0.3, 0.4) is 0 Å². The van der Waals surface area contributed by atoms with Crippen LogP contribution in [0.4, 0.5) is 4.39 Å². The number of aryl methyl sites for hydroxylation is 1. The highest BCUT2D eigenvalue weighted by Gasteiger charge is 2.15. The first-order valence-corrected chi connectivity index (χ1v) is 6.39. The van der Waals surface area contributed by atoms with Gasteiger partial charge in [0.25, 0.3) is 0 Å². The van der Waals surface area contributed by atoms with Crippen LogP contribution in [0.5, 0.6) is 0 Å². The Morgan fingerprint density at radius 2 is 2.28 bits per heavy atom. The summed E-state index contributed by atoms with van der Waals surface area (Å²) in [6.45, 7) is 3.72. The monoisotopic (exact) mass is 265 g/mol. The largest absolute Gasteiger partial charge is 0.461 e. The van der Waals surface area contributed by atoms with E-state index >= 15 is 0 Å². The van der Waals surface area contributed by atoms with Gasteiger partial charge in [0.2, 0.25) is 0 Å². The maximum Gasteiger partial charge on any atom is 0.357 e. The Morgan fingerprint density at radius 3 is 3.00 bits per heavy atom. The zero-order valence-corrected chi connectivity index (χ0v) is 10.9. The predicted molar refractivity (Wildman–Crippen MR) is 68.2 cm³/mol. The number of ether oxygens (including phenoxy) is 1. The molecule has 0 atom stereocenters. The van der Waals surface area contributed by atoms with E-state index in [9.17, 15) is 9.18 Å². The first-order valence-electron chi connectivity index (χ1n) is 5.51. The fraction of sp³-hybridized carbons (Fsp3) is 0.231. The Balaban J connectivity index is 2.35. The van der Waals surface area contributed by atoms with Crippen LogP contribution in [0.25, 0.3) is 10.6 Å². The number of aromatic nitrogens is 1. The zero-order valence-electron chi connectivity index (χ0n) is 10.1. The molecule has 0 N–H and O–H groups in total. The van der Waals surface area contributed by atoms with E-state index in [4.69, 9.17) is 4.74 Å². The van der Waals surface area contributed by atoms with Crippen LogP contribution in [0.15, 0.2) is 23.6 Å². The van der Waals surface area contributed by atoms with Gasteiger partial charge in [0.05, 0.1) is 6.61 Å². The third-order valence-electron chi connectivity index (χ3n) is 2.41. The molecule has 1 aromatic carbocycles. The van der Waals surface area contributed by atoms with Crippen LogP contribution < -0.4 is 0 Å². The van der Waals surface area contributed by atoms with Gasteiger partial charge in [0.1, 0.15) is 10.8 Å². The Morgan fingerprint density at radius 1 is 1.50 bits per heavy atom. The van der Waals surface area contributed by atoms with Crippen molar-refractivity contribution in [2.24, 2.45) is 0 Å². The summed E-state index contributed by atoms with van der Waals surface area (Å²) >= 11 is 1.23. The molecule has 0 fully saturated rings. The van der Waals surface area contributed by atoms with Crippen LogP contribution in [0.2, 0.25) is 0 Å². The molecule has 0 saturated heterocycles. The van der Waals surface area contributed by atoms with Crippen molar-refractivity contribution in [1.29, 1.82) is 0 Å². The van der Waals surface area contributed by atoms with Gasteiger partial charge in [-0.15, -0.1) is 11.3 Å². The van der Waals surface area contributed by atoms with Crippen LogP contribution >= 0.6 is 11.3 Å². The predicted octanol–water partition coefficient (Wildman–Crippen LogP) is 3.43. The van der Waals surface area contributed by atoms with Gasteiger partial charge in [-0.3, -0.25) is 0 Å². The van der Waals surface area contributed by atoms with Gasteiger partial charge in [0.15, 0.2) is 5.69 Å². The van der Waals surface area contributed by atoms with Crippen molar-refractivity contribution in [2.75, 3.05) is 6.61 Å². The molecule has 1 aromatic heterocycles. The molecule has 0 aliphatic heterocycles. The summed E-state index contributed by atoms with van der Waals surface area (Å²) in [6, 6.07) is 5.11. The third kappa shape index (κ3) is 2.41. The Hall–Kier alpha value is -1.75. The summed E-state index contributed by atoms with van der Waals surface area (Å²) in [5, 5.41) is 2.06. The van der Waals surface area contributed by atoms with Gasteiger partial charge in [-0.1, -0.05) is 12.1 Å². The van der Waals surface area contributed by atoms with Crippen molar-refractivity contribution in [3.8, 4) is 10.6 Å². The average molecular weight is 265 g/mol. The Bertz CT molecular complexity index is 580. The van der Waals surface area contributed by atoms with Crippen LogP contribution in [0.1, 0.15) is 23.0 Å². The highest BCUT2D eigenvalue weighted by atomic mass is 32.1.